The van der Waals surface area contributed by atoms with E-state index in [0.717, 1.165) is 6.08 Å². The van der Waals surface area contributed by atoms with Gasteiger partial charge in [-0.25, -0.2) is 0 Å². The van der Waals surface area contributed by atoms with Crippen molar-refractivity contribution in [3.05, 3.63) is 75.8 Å². The molecule has 0 radical (unpaired) electrons. The number of halogens is 5. The molecule has 2 aromatic rings. The second-order valence-electron chi connectivity index (χ2n) is 5.02. The van der Waals surface area contributed by atoms with Gasteiger partial charge in [0.1, 0.15) is 0 Å². The van der Waals surface area contributed by atoms with Gasteiger partial charge in [0.15, 0.2) is 0 Å². The fourth-order valence-corrected chi connectivity index (χ4v) is 2.90. The largest absolute Gasteiger partial charge is 0.428 e. The zero-order valence-electron chi connectivity index (χ0n) is 11.5. The molecule has 1 unspecified atom stereocenters. The highest BCUT2D eigenvalue weighted by Gasteiger charge is 2.59. The van der Waals surface area contributed by atoms with Crippen LogP contribution in [0.25, 0.3) is 5.70 Å². The lowest BCUT2D eigenvalue weighted by atomic mass is 9.91. The number of hydrogen-bond acceptors (Lipinski definition) is 2. The summed E-state index contributed by atoms with van der Waals surface area (Å²) in [4.78, 5) is 4.98. The Morgan fingerprint density at radius 1 is 0.957 bits per heavy atom. The molecular weight excluding hydrogens is 350 g/mol. The molecule has 1 aliphatic rings. The first kappa shape index (κ1) is 16.2. The summed E-state index contributed by atoms with van der Waals surface area (Å²) < 4.78 is 41.3. The van der Waals surface area contributed by atoms with Crippen LogP contribution >= 0.6 is 23.2 Å². The Bertz CT molecular complexity index is 741. The van der Waals surface area contributed by atoms with Crippen LogP contribution in [0.15, 0.2) is 54.6 Å². The maximum atomic E-state index is 13.8. The Kier molecular flexibility index (Phi) is 4.04. The van der Waals surface area contributed by atoms with E-state index >= 15 is 0 Å². The maximum Gasteiger partial charge on any atom is 0.428 e. The first-order valence-corrected chi connectivity index (χ1v) is 7.33. The molecule has 1 N–H and O–H groups in total. The smallest absolute Gasteiger partial charge is 0.265 e. The quantitative estimate of drug-likeness (QED) is 0.782. The summed E-state index contributed by atoms with van der Waals surface area (Å²) in [6.45, 7) is 0. The summed E-state index contributed by atoms with van der Waals surface area (Å²) in [6.07, 6.45) is -3.71. The summed E-state index contributed by atoms with van der Waals surface area (Å²) in [6, 6.07) is 12.3. The van der Waals surface area contributed by atoms with Crippen molar-refractivity contribution in [2.45, 2.75) is 11.8 Å². The number of rotatable bonds is 2. The van der Waals surface area contributed by atoms with Crippen LogP contribution < -0.4 is 5.48 Å². The number of hydrogen-bond donors (Lipinski definition) is 1. The first-order chi connectivity index (χ1) is 10.8. The molecule has 23 heavy (non-hydrogen) atoms. The van der Waals surface area contributed by atoms with Crippen molar-refractivity contribution < 1.29 is 18.0 Å². The van der Waals surface area contributed by atoms with Gasteiger partial charge in [0.25, 0.3) is 0 Å². The minimum absolute atomic E-state index is 0.0984. The van der Waals surface area contributed by atoms with Gasteiger partial charge >= 0.3 is 6.18 Å². The van der Waals surface area contributed by atoms with E-state index in [-0.39, 0.29) is 21.3 Å². The van der Waals surface area contributed by atoms with Crippen molar-refractivity contribution in [2.24, 2.45) is 0 Å². The number of benzene rings is 2. The van der Waals surface area contributed by atoms with E-state index in [1.807, 2.05) is 0 Å². The van der Waals surface area contributed by atoms with Crippen molar-refractivity contribution in [1.82, 2.24) is 5.48 Å². The SMILES string of the molecule is FC(F)(F)C1(c2cc(Cl)cc(Cl)c2)C=C(c2ccccc2)NO1. The van der Waals surface area contributed by atoms with E-state index < -0.39 is 11.8 Å². The van der Waals surface area contributed by atoms with Crippen LogP contribution in [0.1, 0.15) is 11.1 Å². The van der Waals surface area contributed by atoms with Gasteiger partial charge in [-0.3, -0.25) is 10.3 Å². The number of alkyl halides is 3. The fourth-order valence-electron chi connectivity index (χ4n) is 2.37. The van der Waals surface area contributed by atoms with Crippen LogP contribution in [0, 0.1) is 0 Å². The predicted molar refractivity (Wildman–Crippen MR) is 82.8 cm³/mol. The monoisotopic (exact) mass is 359 g/mol. The van der Waals surface area contributed by atoms with Crippen LogP contribution in [0.3, 0.4) is 0 Å². The Balaban J connectivity index is 2.15. The van der Waals surface area contributed by atoms with E-state index in [4.69, 9.17) is 28.0 Å². The Morgan fingerprint density at radius 3 is 2.13 bits per heavy atom. The molecule has 0 bridgehead atoms. The van der Waals surface area contributed by atoms with Crippen molar-refractivity contribution >= 4 is 28.9 Å². The number of nitrogens with one attached hydrogen (secondary N) is 1. The average Bonchev–Trinajstić information content (AvgIpc) is 2.93. The van der Waals surface area contributed by atoms with E-state index in [2.05, 4.69) is 5.48 Å². The molecule has 3 rings (SSSR count). The van der Waals surface area contributed by atoms with E-state index in [1.165, 1.54) is 18.2 Å². The second-order valence-corrected chi connectivity index (χ2v) is 5.89. The van der Waals surface area contributed by atoms with Crippen LogP contribution in [0.2, 0.25) is 10.0 Å². The van der Waals surface area contributed by atoms with E-state index in [9.17, 15) is 13.2 Å². The molecule has 0 saturated heterocycles. The number of hydroxylamine groups is 1. The van der Waals surface area contributed by atoms with E-state index in [1.54, 1.807) is 30.3 Å². The minimum Gasteiger partial charge on any atom is -0.265 e. The fraction of sp³-hybridized carbons (Fsp3) is 0.125. The molecule has 1 atom stereocenters. The summed E-state index contributed by atoms with van der Waals surface area (Å²) in [5, 5.41) is 0.197. The van der Waals surface area contributed by atoms with Crippen molar-refractivity contribution in [2.75, 3.05) is 0 Å². The summed E-state index contributed by atoms with van der Waals surface area (Å²) in [5.41, 5.74) is 0.306. The molecule has 0 spiro atoms. The maximum absolute atomic E-state index is 13.8. The molecule has 1 aliphatic heterocycles. The Hall–Kier alpha value is -1.69. The molecule has 0 aromatic heterocycles. The molecule has 120 valence electrons. The van der Waals surface area contributed by atoms with Gasteiger partial charge in [-0.05, 0) is 29.8 Å². The average molecular weight is 360 g/mol. The van der Waals surface area contributed by atoms with Gasteiger partial charge in [-0.15, -0.1) is 0 Å². The molecule has 2 aromatic carbocycles. The van der Waals surface area contributed by atoms with Gasteiger partial charge in [0, 0.05) is 15.6 Å². The standard InChI is InChI=1S/C16H10Cl2F3NO/c17-12-6-11(7-13(18)8-12)15(16(19,20)21)9-14(22-23-15)10-4-2-1-3-5-10/h1-9,22H. The molecule has 7 heteroatoms. The van der Waals surface area contributed by atoms with Crippen molar-refractivity contribution in [3.63, 3.8) is 0 Å². The summed E-state index contributed by atoms with van der Waals surface area (Å²) >= 11 is 11.7. The zero-order valence-corrected chi connectivity index (χ0v) is 13.0. The van der Waals surface area contributed by atoms with Crippen LogP contribution in [-0.4, -0.2) is 6.18 Å². The van der Waals surface area contributed by atoms with Crippen LogP contribution in [0.4, 0.5) is 13.2 Å². The molecule has 0 aliphatic carbocycles. The lowest BCUT2D eigenvalue weighted by molar-refractivity contribution is -0.269. The molecular formula is C16H10Cl2F3NO. The van der Waals surface area contributed by atoms with Crippen molar-refractivity contribution in [3.8, 4) is 0 Å². The predicted octanol–water partition coefficient (Wildman–Crippen LogP) is 5.33. The molecule has 1 heterocycles. The van der Waals surface area contributed by atoms with Gasteiger partial charge in [-0.2, -0.15) is 13.2 Å². The third-order valence-corrected chi connectivity index (χ3v) is 3.90. The van der Waals surface area contributed by atoms with Crippen LogP contribution in [-0.2, 0) is 10.4 Å². The highest BCUT2D eigenvalue weighted by molar-refractivity contribution is 6.34. The lowest BCUT2D eigenvalue weighted by Crippen LogP contribution is -2.42. The van der Waals surface area contributed by atoms with Crippen LogP contribution in [0.5, 0.6) is 0 Å². The topological polar surface area (TPSA) is 21.3 Å². The van der Waals surface area contributed by atoms with Gasteiger partial charge in [0.05, 0.1) is 5.70 Å². The Labute approximate surface area is 140 Å². The Morgan fingerprint density at radius 2 is 1.57 bits per heavy atom. The zero-order chi connectivity index (χ0) is 16.7. The highest BCUT2D eigenvalue weighted by Crippen LogP contribution is 2.48. The van der Waals surface area contributed by atoms with Gasteiger partial charge in [-0.1, -0.05) is 53.5 Å². The molecule has 0 saturated carbocycles. The lowest BCUT2D eigenvalue weighted by Gasteiger charge is -2.28. The van der Waals surface area contributed by atoms with E-state index in [0.29, 0.717) is 5.56 Å². The molecule has 2 nitrogen and oxygen atoms in total. The third-order valence-electron chi connectivity index (χ3n) is 3.47. The van der Waals surface area contributed by atoms with Crippen molar-refractivity contribution in [1.29, 1.82) is 0 Å². The van der Waals surface area contributed by atoms with Gasteiger partial charge < -0.3 is 0 Å². The first-order valence-electron chi connectivity index (χ1n) is 6.57. The summed E-state index contributed by atoms with van der Waals surface area (Å²) in [7, 11) is 0. The van der Waals surface area contributed by atoms with Gasteiger partial charge in [0.2, 0.25) is 5.60 Å². The second kappa shape index (κ2) is 5.74. The molecule has 0 fully saturated rings. The normalized spacial score (nSPS) is 21.0. The summed E-state index contributed by atoms with van der Waals surface area (Å²) in [5.74, 6) is 0. The third kappa shape index (κ3) is 2.92. The molecule has 0 amide bonds. The highest BCUT2D eigenvalue weighted by atomic mass is 35.5. The minimum atomic E-state index is -4.70.